The van der Waals surface area contributed by atoms with Gasteiger partial charge in [-0.3, -0.25) is 9.69 Å². The molecule has 1 unspecified atom stereocenters. The molecule has 3 aromatic rings. The molecular weight excluding hydrogens is 366 g/mol. The topological polar surface area (TPSA) is 83.3 Å². The zero-order valence-electron chi connectivity index (χ0n) is 16.9. The van der Waals surface area contributed by atoms with Gasteiger partial charge in [0.2, 0.25) is 0 Å². The first-order valence-electron chi connectivity index (χ1n) is 10.1. The van der Waals surface area contributed by atoms with E-state index in [1.54, 1.807) is 24.7 Å². The van der Waals surface area contributed by atoms with E-state index in [9.17, 15) is 9.90 Å². The lowest BCUT2D eigenvalue weighted by Crippen LogP contribution is -2.47. The van der Waals surface area contributed by atoms with Gasteiger partial charge in [-0.1, -0.05) is 12.1 Å². The second-order valence-corrected chi connectivity index (χ2v) is 8.03. The fourth-order valence-corrected chi connectivity index (χ4v) is 3.92. The predicted molar refractivity (Wildman–Crippen MR) is 112 cm³/mol. The number of piperidine rings is 1. The van der Waals surface area contributed by atoms with Crippen molar-refractivity contribution in [3.8, 4) is 5.75 Å². The van der Waals surface area contributed by atoms with Crippen LogP contribution in [0.5, 0.6) is 5.75 Å². The van der Waals surface area contributed by atoms with Gasteiger partial charge < -0.3 is 15.0 Å². The van der Waals surface area contributed by atoms with Crippen LogP contribution in [0.1, 0.15) is 48.7 Å². The maximum Gasteiger partial charge on any atom is 0.253 e. The van der Waals surface area contributed by atoms with Gasteiger partial charge >= 0.3 is 0 Å². The van der Waals surface area contributed by atoms with Crippen LogP contribution in [-0.4, -0.2) is 49.6 Å². The number of nitrogens with zero attached hydrogens (tertiary/aromatic N) is 4. The number of fused-ring (bicyclic) bond motifs is 1. The molecule has 1 aromatic carbocycles. The molecule has 0 saturated carbocycles. The average Bonchev–Trinajstić information content (AvgIpc) is 3.12. The first-order valence-corrected chi connectivity index (χ1v) is 10.1. The standard InChI is InChI=1S/C22H27N5O2/c1-15(2)27-14-24-20-10-17(11-23-21(20)27)22(29)25-18-6-4-8-26(13-18)12-16-5-3-7-19(28)9-16/h3,5,7,9-11,14-15,18,28H,4,6,8,12-13H2,1-2H3,(H,25,29). The van der Waals surface area contributed by atoms with E-state index in [4.69, 9.17) is 0 Å². The highest BCUT2D eigenvalue weighted by Gasteiger charge is 2.22. The maximum absolute atomic E-state index is 12.8. The van der Waals surface area contributed by atoms with Gasteiger partial charge in [-0.05, 0) is 57.0 Å². The van der Waals surface area contributed by atoms with Crippen LogP contribution in [0.4, 0.5) is 0 Å². The van der Waals surface area contributed by atoms with Crippen LogP contribution in [0.15, 0.2) is 42.9 Å². The maximum atomic E-state index is 12.8. The third kappa shape index (κ3) is 4.40. The molecule has 2 aromatic heterocycles. The summed E-state index contributed by atoms with van der Waals surface area (Å²) in [5.41, 5.74) is 3.15. The normalized spacial score (nSPS) is 17.7. The summed E-state index contributed by atoms with van der Waals surface area (Å²) in [6, 6.07) is 9.52. The summed E-state index contributed by atoms with van der Waals surface area (Å²) in [6.45, 7) is 6.70. The lowest BCUT2D eigenvalue weighted by atomic mass is 10.0. The fourth-order valence-electron chi connectivity index (χ4n) is 3.92. The van der Waals surface area contributed by atoms with Crippen molar-refractivity contribution in [1.29, 1.82) is 0 Å². The Hall–Kier alpha value is -2.93. The molecule has 0 radical (unpaired) electrons. The van der Waals surface area contributed by atoms with Crippen molar-refractivity contribution in [1.82, 2.24) is 24.8 Å². The molecule has 1 amide bonds. The number of phenolic OH excluding ortho intramolecular Hbond substituents is 1. The van der Waals surface area contributed by atoms with Gasteiger partial charge in [0.15, 0.2) is 5.65 Å². The number of benzene rings is 1. The van der Waals surface area contributed by atoms with E-state index < -0.39 is 0 Å². The number of imidazole rings is 1. The van der Waals surface area contributed by atoms with Crippen LogP contribution in [-0.2, 0) is 6.54 Å². The minimum atomic E-state index is -0.109. The largest absolute Gasteiger partial charge is 0.508 e. The minimum absolute atomic E-state index is 0.0949. The Bertz CT molecular complexity index is 1010. The number of likely N-dealkylation sites (tertiary alicyclic amines) is 1. The van der Waals surface area contributed by atoms with Gasteiger partial charge in [-0.15, -0.1) is 0 Å². The highest BCUT2D eigenvalue weighted by atomic mass is 16.3. The summed E-state index contributed by atoms with van der Waals surface area (Å²) < 4.78 is 2.00. The molecule has 1 atom stereocenters. The van der Waals surface area contributed by atoms with Crippen LogP contribution in [0.2, 0.25) is 0 Å². The summed E-state index contributed by atoms with van der Waals surface area (Å²) in [5, 5.41) is 12.8. The van der Waals surface area contributed by atoms with Gasteiger partial charge in [0.1, 0.15) is 11.3 Å². The molecule has 7 heteroatoms. The lowest BCUT2D eigenvalue weighted by Gasteiger charge is -2.33. The van der Waals surface area contributed by atoms with Crippen LogP contribution in [0.3, 0.4) is 0 Å². The van der Waals surface area contributed by atoms with E-state index in [0.29, 0.717) is 5.56 Å². The number of pyridine rings is 1. The zero-order valence-corrected chi connectivity index (χ0v) is 16.9. The van der Waals surface area contributed by atoms with Crippen LogP contribution in [0.25, 0.3) is 11.2 Å². The Kier molecular flexibility index (Phi) is 5.49. The zero-order chi connectivity index (χ0) is 20.4. The molecule has 152 valence electrons. The van der Waals surface area contributed by atoms with Crippen molar-refractivity contribution in [3.63, 3.8) is 0 Å². The number of carbonyl (C=O) groups is 1. The highest BCUT2D eigenvalue weighted by Crippen LogP contribution is 2.19. The molecule has 0 spiro atoms. The van der Waals surface area contributed by atoms with Crippen molar-refractivity contribution >= 4 is 17.1 Å². The fraction of sp³-hybridized carbons (Fsp3) is 0.409. The van der Waals surface area contributed by atoms with E-state index in [0.717, 1.165) is 49.2 Å². The van der Waals surface area contributed by atoms with Crippen molar-refractivity contribution < 1.29 is 9.90 Å². The molecular formula is C22H27N5O2. The summed E-state index contributed by atoms with van der Waals surface area (Å²) in [4.78, 5) is 23.9. The van der Waals surface area contributed by atoms with Crippen molar-refractivity contribution in [2.75, 3.05) is 13.1 Å². The van der Waals surface area contributed by atoms with Gasteiger partial charge in [0, 0.05) is 31.4 Å². The molecule has 1 aliphatic rings. The second-order valence-electron chi connectivity index (χ2n) is 8.03. The summed E-state index contributed by atoms with van der Waals surface area (Å²) in [7, 11) is 0. The number of hydrogen-bond acceptors (Lipinski definition) is 5. The summed E-state index contributed by atoms with van der Waals surface area (Å²) >= 11 is 0. The van der Waals surface area contributed by atoms with E-state index in [2.05, 4.69) is 34.0 Å². The van der Waals surface area contributed by atoms with Crippen molar-refractivity contribution in [2.24, 2.45) is 0 Å². The van der Waals surface area contributed by atoms with Gasteiger partial charge in [0.25, 0.3) is 5.91 Å². The number of hydrogen-bond donors (Lipinski definition) is 2. The average molecular weight is 393 g/mol. The molecule has 2 N–H and O–H groups in total. The quantitative estimate of drug-likeness (QED) is 0.696. The number of carbonyl (C=O) groups excluding carboxylic acids is 1. The van der Waals surface area contributed by atoms with Crippen molar-refractivity contribution in [3.05, 3.63) is 54.0 Å². The second kappa shape index (κ2) is 8.21. The van der Waals surface area contributed by atoms with E-state index in [1.807, 2.05) is 22.8 Å². The van der Waals surface area contributed by atoms with E-state index in [-0.39, 0.29) is 23.7 Å². The highest BCUT2D eigenvalue weighted by molar-refractivity contribution is 5.96. The third-order valence-electron chi connectivity index (χ3n) is 5.39. The minimum Gasteiger partial charge on any atom is -0.508 e. The SMILES string of the molecule is CC(C)n1cnc2cc(C(=O)NC3CCCN(Cc4cccc(O)c4)C3)cnc21. The molecule has 0 aliphatic carbocycles. The molecule has 1 saturated heterocycles. The first-order chi connectivity index (χ1) is 14.0. The number of amides is 1. The summed E-state index contributed by atoms with van der Waals surface area (Å²) in [6.07, 6.45) is 5.38. The first kappa shape index (κ1) is 19.4. The number of phenols is 1. The number of aromatic hydroxyl groups is 1. The number of rotatable bonds is 5. The van der Waals surface area contributed by atoms with Crippen LogP contribution in [0, 0.1) is 0 Å². The Labute approximate surface area is 170 Å². The molecule has 7 nitrogen and oxygen atoms in total. The monoisotopic (exact) mass is 393 g/mol. The number of aromatic nitrogens is 3. The molecule has 1 aliphatic heterocycles. The lowest BCUT2D eigenvalue weighted by molar-refractivity contribution is 0.0900. The van der Waals surface area contributed by atoms with Crippen LogP contribution < -0.4 is 5.32 Å². The molecule has 29 heavy (non-hydrogen) atoms. The third-order valence-corrected chi connectivity index (χ3v) is 5.39. The van der Waals surface area contributed by atoms with Crippen molar-refractivity contribution in [2.45, 2.75) is 45.3 Å². The van der Waals surface area contributed by atoms with Gasteiger partial charge in [0.05, 0.1) is 11.9 Å². The smallest absolute Gasteiger partial charge is 0.253 e. The van der Waals surface area contributed by atoms with Crippen LogP contribution >= 0.6 is 0 Å². The molecule has 0 bridgehead atoms. The number of nitrogens with one attached hydrogen (secondary N) is 1. The molecule has 3 heterocycles. The predicted octanol–water partition coefficient (Wildman–Crippen LogP) is 3.11. The Balaban J connectivity index is 1.40. The van der Waals surface area contributed by atoms with Gasteiger partial charge in [-0.2, -0.15) is 0 Å². The van der Waals surface area contributed by atoms with E-state index >= 15 is 0 Å². The Morgan fingerprint density at radius 1 is 1.31 bits per heavy atom. The van der Waals surface area contributed by atoms with E-state index in [1.165, 1.54) is 0 Å². The molecule has 4 rings (SSSR count). The van der Waals surface area contributed by atoms with Gasteiger partial charge in [-0.25, -0.2) is 9.97 Å². The Morgan fingerprint density at radius 2 is 2.17 bits per heavy atom. The molecule has 1 fully saturated rings. The Morgan fingerprint density at radius 3 is 2.97 bits per heavy atom. The summed E-state index contributed by atoms with van der Waals surface area (Å²) in [5.74, 6) is 0.176.